The predicted molar refractivity (Wildman–Crippen MR) is 48.8 cm³/mol. The molecule has 0 unspecified atom stereocenters. The Bertz CT molecular complexity index is 179. The topological polar surface area (TPSA) is 52.9 Å². The molecule has 0 spiro atoms. The second-order valence-electron chi connectivity index (χ2n) is 4.08. The van der Waals surface area contributed by atoms with E-state index < -0.39 is 18.3 Å². The van der Waals surface area contributed by atoms with E-state index in [4.69, 9.17) is 9.84 Å². The number of ether oxygens (including phenoxy) is 1. The van der Waals surface area contributed by atoms with E-state index in [0.717, 1.165) is 5.06 Å². The second-order valence-corrected chi connectivity index (χ2v) is 4.08. The zero-order chi connectivity index (χ0) is 10.7. The van der Waals surface area contributed by atoms with Crippen molar-refractivity contribution in [1.82, 2.24) is 5.06 Å². The quantitative estimate of drug-likeness (QED) is 0.656. The molecule has 0 aromatic rings. The molecule has 1 aliphatic rings. The van der Waals surface area contributed by atoms with Gasteiger partial charge in [-0.1, -0.05) is 13.8 Å². The van der Waals surface area contributed by atoms with Gasteiger partial charge in [-0.05, 0) is 5.92 Å². The summed E-state index contributed by atoms with van der Waals surface area (Å²) in [5.41, 5.74) is 0. The minimum Gasteiger partial charge on any atom is -0.394 e. The summed E-state index contributed by atoms with van der Waals surface area (Å²) in [6.07, 6.45) is -1.84. The van der Waals surface area contributed by atoms with Gasteiger partial charge in [0.2, 0.25) is 0 Å². The van der Waals surface area contributed by atoms with Gasteiger partial charge in [-0.15, -0.1) is 0 Å². The molecule has 4 nitrogen and oxygen atoms in total. The largest absolute Gasteiger partial charge is 0.394 e. The standard InChI is InChI=1S/C9H18FNO3/c1-6(2)3-11(13)9-7(10)5-14-8(9)4-12/h6-9,12-13H,3-5H2,1-2H3/t7-,8-,9+/m1/s1. The van der Waals surface area contributed by atoms with Crippen LogP contribution in [-0.2, 0) is 4.74 Å². The highest BCUT2D eigenvalue weighted by atomic mass is 19.1. The molecular formula is C9H18FNO3. The van der Waals surface area contributed by atoms with Crippen molar-refractivity contribution >= 4 is 0 Å². The van der Waals surface area contributed by atoms with Crippen molar-refractivity contribution in [2.45, 2.75) is 32.2 Å². The van der Waals surface area contributed by atoms with E-state index in [1.807, 2.05) is 13.8 Å². The Labute approximate surface area is 83.2 Å². The van der Waals surface area contributed by atoms with Crippen LogP contribution in [0.1, 0.15) is 13.8 Å². The Morgan fingerprint density at radius 1 is 1.57 bits per heavy atom. The van der Waals surface area contributed by atoms with Gasteiger partial charge in [0.05, 0.1) is 19.3 Å². The minimum atomic E-state index is -1.23. The van der Waals surface area contributed by atoms with E-state index in [0.29, 0.717) is 6.54 Å². The van der Waals surface area contributed by atoms with Crippen molar-refractivity contribution < 1.29 is 19.4 Å². The molecule has 1 fully saturated rings. The summed E-state index contributed by atoms with van der Waals surface area (Å²) < 4.78 is 18.3. The van der Waals surface area contributed by atoms with Crippen molar-refractivity contribution in [2.75, 3.05) is 19.8 Å². The fraction of sp³-hybridized carbons (Fsp3) is 1.00. The number of aliphatic hydroxyl groups is 1. The normalized spacial score (nSPS) is 33.2. The average molecular weight is 207 g/mol. The van der Waals surface area contributed by atoms with E-state index in [-0.39, 0.29) is 19.1 Å². The second kappa shape index (κ2) is 5.02. The van der Waals surface area contributed by atoms with Gasteiger partial charge in [-0.2, -0.15) is 5.06 Å². The lowest BCUT2D eigenvalue weighted by atomic mass is 10.1. The van der Waals surface area contributed by atoms with E-state index in [1.54, 1.807) is 0 Å². The molecule has 1 rings (SSSR count). The summed E-state index contributed by atoms with van der Waals surface area (Å²) in [5, 5.41) is 19.4. The van der Waals surface area contributed by atoms with Crippen LogP contribution in [0.15, 0.2) is 0 Å². The highest BCUT2D eigenvalue weighted by molar-refractivity contribution is 4.89. The third kappa shape index (κ3) is 2.63. The zero-order valence-corrected chi connectivity index (χ0v) is 8.56. The van der Waals surface area contributed by atoms with Gasteiger partial charge >= 0.3 is 0 Å². The van der Waals surface area contributed by atoms with Crippen molar-refractivity contribution in [3.63, 3.8) is 0 Å². The summed E-state index contributed by atoms with van der Waals surface area (Å²) in [4.78, 5) is 0. The monoisotopic (exact) mass is 207 g/mol. The molecule has 0 aromatic heterocycles. The van der Waals surface area contributed by atoms with Gasteiger partial charge in [0.15, 0.2) is 0 Å². The van der Waals surface area contributed by atoms with Gasteiger partial charge in [-0.3, -0.25) is 0 Å². The maximum Gasteiger partial charge on any atom is 0.144 e. The Balaban J connectivity index is 2.54. The molecule has 0 amide bonds. The molecule has 84 valence electrons. The van der Waals surface area contributed by atoms with Gasteiger partial charge < -0.3 is 15.1 Å². The molecule has 0 radical (unpaired) electrons. The molecule has 2 N–H and O–H groups in total. The summed E-state index contributed by atoms with van der Waals surface area (Å²) in [7, 11) is 0. The Morgan fingerprint density at radius 2 is 2.21 bits per heavy atom. The SMILES string of the molecule is CC(C)CN(O)[C@H]1[C@H](F)CO[C@@H]1CO. The number of rotatable bonds is 4. The van der Waals surface area contributed by atoms with Crippen molar-refractivity contribution in [1.29, 1.82) is 0 Å². The van der Waals surface area contributed by atoms with Crippen LogP contribution in [0.4, 0.5) is 4.39 Å². The molecule has 1 saturated heterocycles. The van der Waals surface area contributed by atoms with Crippen LogP contribution >= 0.6 is 0 Å². The van der Waals surface area contributed by atoms with Crippen LogP contribution in [0.5, 0.6) is 0 Å². The number of nitrogens with zero attached hydrogens (tertiary/aromatic N) is 1. The highest BCUT2D eigenvalue weighted by Gasteiger charge is 2.41. The predicted octanol–water partition coefficient (Wildman–Crippen LogP) is 0.431. The van der Waals surface area contributed by atoms with Crippen LogP contribution in [0.2, 0.25) is 0 Å². The minimum absolute atomic E-state index is 0.0505. The van der Waals surface area contributed by atoms with Crippen molar-refractivity contribution in [3.8, 4) is 0 Å². The van der Waals surface area contributed by atoms with Crippen LogP contribution < -0.4 is 0 Å². The van der Waals surface area contributed by atoms with Crippen LogP contribution in [-0.4, -0.2) is 53.5 Å². The number of halogens is 1. The maximum atomic E-state index is 13.3. The fourth-order valence-corrected chi connectivity index (χ4v) is 1.68. The lowest BCUT2D eigenvalue weighted by Crippen LogP contribution is -2.46. The van der Waals surface area contributed by atoms with E-state index in [1.165, 1.54) is 0 Å². The molecule has 1 aliphatic heterocycles. The summed E-state index contributed by atoms with van der Waals surface area (Å²) in [6, 6.07) is -0.734. The van der Waals surface area contributed by atoms with Gasteiger partial charge in [0, 0.05) is 6.54 Å². The van der Waals surface area contributed by atoms with Crippen molar-refractivity contribution in [3.05, 3.63) is 0 Å². The molecule has 5 heteroatoms. The van der Waals surface area contributed by atoms with Crippen LogP contribution in [0.25, 0.3) is 0 Å². The van der Waals surface area contributed by atoms with E-state index >= 15 is 0 Å². The molecule has 3 atom stereocenters. The average Bonchev–Trinajstić information content (AvgIpc) is 2.45. The van der Waals surface area contributed by atoms with Crippen molar-refractivity contribution in [2.24, 2.45) is 5.92 Å². The van der Waals surface area contributed by atoms with E-state index in [9.17, 15) is 9.60 Å². The first-order valence-electron chi connectivity index (χ1n) is 4.88. The van der Waals surface area contributed by atoms with E-state index in [2.05, 4.69) is 0 Å². The highest BCUT2D eigenvalue weighted by Crippen LogP contribution is 2.22. The fourth-order valence-electron chi connectivity index (χ4n) is 1.68. The Hall–Kier alpha value is -0.230. The third-order valence-corrected chi connectivity index (χ3v) is 2.30. The third-order valence-electron chi connectivity index (χ3n) is 2.30. The Kier molecular flexibility index (Phi) is 4.25. The first-order valence-corrected chi connectivity index (χ1v) is 4.88. The molecule has 0 bridgehead atoms. The first-order chi connectivity index (χ1) is 6.56. The molecule has 0 saturated carbocycles. The lowest BCUT2D eigenvalue weighted by Gasteiger charge is -2.27. The first kappa shape index (κ1) is 11.8. The maximum absolute atomic E-state index is 13.3. The number of aliphatic hydroxyl groups excluding tert-OH is 1. The smallest absolute Gasteiger partial charge is 0.144 e. The summed E-state index contributed by atoms with van der Waals surface area (Å²) >= 11 is 0. The Morgan fingerprint density at radius 3 is 2.71 bits per heavy atom. The van der Waals surface area contributed by atoms with Gasteiger partial charge in [-0.25, -0.2) is 4.39 Å². The van der Waals surface area contributed by atoms with Crippen LogP contribution in [0, 0.1) is 5.92 Å². The number of hydrogen-bond donors (Lipinski definition) is 2. The molecule has 14 heavy (non-hydrogen) atoms. The summed E-state index contributed by atoms with van der Waals surface area (Å²) in [5.74, 6) is 0.243. The molecule has 0 aromatic carbocycles. The zero-order valence-electron chi connectivity index (χ0n) is 8.56. The molecule has 1 heterocycles. The van der Waals surface area contributed by atoms with Crippen LogP contribution in [0.3, 0.4) is 0 Å². The number of hydroxylamine groups is 2. The number of alkyl halides is 1. The van der Waals surface area contributed by atoms with Gasteiger partial charge in [0.1, 0.15) is 12.3 Å². The van der Waals surface area contributed by atoms with Gasteiger partial charge in [0.25, 0.3) is 0 Å². The summed E-state index contributed by atoms with van der Waals surface area (Å²) in [6.45, 7) is 3.93. The number of hydrogen-bond acceptors (Lipinski definition) is 4. The molecule has 0 aliphatic carbocycles. The molecular weight excluding hydrogens is 189 g/mol. The lowest BCUT2D eigenvalue weighted by molar-refractivity contribution is -0.160.